The number of rotatable bonds is 6. The van der Waals surface area contributed by atoms with Crippen LogP contribution in [0, 0.1) is 5.92 Å². The van der Waals surface area contributed by atoms with E-state index >= 15 is 0 Å². The maximum absolute atomic E-state index is 11.6. The Bertz CT molecular complexity index is 271. The smallest absolute Gasteiger partial charge is 0.243 e. The summed E-state index contributed by atoms with van der Waals surface area (Å²) in [6, 6.07) is 0.240. The van der Waals surface area contributed by atoms with Crippen LogP contribution < -0.4 is 5.32 Å². The van der Waals surface area contributed by atoms with E-state index in [1.165, 1.54) is 0 Å². The van der Waals surface area contributed by atoms with Crippen molar-refractivity contribution in [3.8, 4) is 0 Å². The molecule has 1 amide bonds. The molecule has 0 spiro atoms. The topological polar surface area (TPSA) is 41.6 Å². The van der Waals surface area contributed by atoms with Gasteiger partial charge in [0.05, 0.1) is 0 Å². The molecule has 104 valence electrons. The summed E-state index contributed by atoms with van der Waals surface area (Å²) < 4.78 is 5.33. The van der Waals surface area contributed by atoms with E-state index in [2.05, 4.69) is 12.2 Å². The third kappa shape index (κ3) is 6.77. The van der Waals surface area contributed by atoms with Crippen molar-refractivity contribution in [1.82, 2.24) is 10.2 Å². The number of likely N-dealkylation sites (N-methyl/N-ethyl adjacent to an activating group) is 1. The number of nitrogens with one attached hydrogen (secondary N) is 1. The van der Waals surface area contributed by atoms with Crippen molar-refractivity contribution < 1.29 is 9.53 Å². The van der Waals surface area contributed by atoms with Crippen LogP contribution >= 0.6 is 0 Å². The highest BCUT2D eigenvalue weighted by Crippen LogP contribution is 2.19. The maximum atomic E-state index is 11.6. The minimum Gasteiger partial charge on any atom is -0.381 e. The number of nitrogens with zero attached hydrogens (tertiary/aromatic N) is 1. The van der Waals surface area contributed by atoms with E-state index in [1.807, 2.05) is 25.1 Å². The van der Waals surface area contributed by atoms with Crippen LogP contribution in [0.25, 0.3) is 0 Å². The van der Waals surface area contributed by atoms with Crippen molar-refractivity contribution in [1.29, 1.82) is 0 Å². The lowest BCUT2D eigenvalue weighted by Gasteiger charge is -2.25. The molecule has 0 bridgehead atoms. The van der Waals surface area contributed by atoms with Crippen molar-refractivity contribution in [2.24, 2.45) is 5.92 Å². The Morgan fingerprint density at radius 3 is 2.72 bits per heavy atom. The molecule has 0 aromatic rings. The van der Waals surface area contributed by atoms with Gasteiger partial charge in [0.2, 0.25) is 5.91 Å². The van der Waals surface area contributed by atoms with E-state index in [0.29, 0.717) is 5.92 Å². The van der Waals surface area contributed by atoms with Gasteiger partial charge in [-0.25, -0.2) is 0 Å². The average molecular weight is 254 g/mol. The molecule has 1 atom stereocenters. The number of carbonyl (C=O) groups is 1. The first-order chi connectivity index (χ1) is 8.58. The van der Waals surface area contributed by atoms with Gasteiger partial charge in [0, 0.05) is 31.9 Å². The number of amides is 1. The molecule has 0 aromatic heterocycles. The van der Waals surface area contributed by atoms with Gasteiger partial charge in [0.15, 0.2) is 0 Å². The summed E-state index contributed by atoms with van der Waals surface area (Å²) in [5.74, 6) is 0.705. The molecule has 0 aromatic carbocycles. The summed E-state index contributed by atoms with van der Waals surface area (Å²) >= 11 is 0. The zero-order chi connectivity index (χ0) is 13.4. The average Bonchev–Trinajstić information content (AvgIpc) is 2.29. The molecule has 1 aliphatic heterocycles. The number of carbonyl (C=O) groups excluding carboxylic acids is 1. The SMILES string of the molecule is CC(CC1CCOCC1)NC(=O)/C=C/CN(C)C. The van der Waals surface area contributed by atoms with E-state index in [0.717, 1.165) is 39.0 Å². The van der Waals surface area contributed by atoms with Crippen molar-refractivity contribution >= 4 is 5.91 Å². The minimum atomic E-state index is 0.0106. The van der Waals surface area contributed by atoms with Crippen LogP contribution in [0.15, 0.2) is 12.2 Å². The normalized spacial score (nSPS) is 19.3. The third-order valence-corrected chi connectivity index (χ3v) is 3.16. The van der Waals surface area contributed by atoms with E-state index in [9.17, 15) is 4.79 Å². The zero-order valence-corrected chi connectivity index (χ0v) is 11.8. The Morgan fingerprint density at radius 2 is 2.11 bits per heavy atom. The molecule has 0 radical (unpaired) electrons. The first kappa shape index (κ1) is 15.2. The summed E-state index contributed by atoms with van der Waals surface area (Å²) in [6.45, 7) is 4.61. The summed E-state index contributed by atoms with van der Waals surface area (Å²) in [6.07, 6.45) is 6.81. The molecule has 1 fully saturated rings. The monoisotopic (exact) mass is 254 g/mol. The number of ether oxygens (including phenoxy) is 1. The van der Waals surface area contributed by atoms with Crippen LogP contribution in [0.3, 0.4) is 0 Å². The van der Waals surface area contributed by atoms with Crippen LogP contribution in [0.2, 0.25) is 0 Å². The fourth-order valence-corrected chi connectivity index (χ4v) is 2.20. The van der Waals surface area contributed by atoms with Gasteiger partial charge in [0.25, 0.3) is 0 Å². The molecule has 1 rings (SSSR count). The van der Waals surface area contributed by atoms with E-state index in [4.69, 9.17) is 4.74 Å². The van der Waals surface area contributed by atoms with Crippen LogP contribution in [0.1, 0.15) is 26.2 Å². The lowest BCUT2D eigenvalue weighted by atomic mass is 9.93. The van der Waals surface area contributed by atoms with Gasteiger partial charge < -0.3 is 15.0 Å². The van der Waals surface area contributed by atoms with Gasteiger partial charge in [-0.15, -0.1) is 0 Å². The standard InChI is InChI=1S/C14H26N2O2/c1-12(11-13-6-9-18-10-7-13)15-14(17)5-4-8-16(2)3/h4-5,12-13H,6-11H2,1-3H3,(H,15,17)/b5-4+. The van der Waals surface area contributed by atoms with Gasteiger partial charge in [-0.3, -0.25) is 4.79 Å². The molecule has 0 saturated carbocycles. The number of hydrogen-bond acceptors (Lipinski definition) is 3. The molecule has 1 N–H and O–H groups in total. The highest BCUT2D eigenvalue weighted by molar-refractivity contribution is 5.87. The summed E-state index contributed by atoms with van der Waals surface area (Å²) in [4.78, 5) is 13.7. The predicted molar refractivity (Wildman–Crippen MR) is 73.5 cm³/mol. The quantitative estimate of drug-likeness (QED) is 0.729. The Balaban J connectivity index is 2.19. The van der Waals surface area contributed by atoms with Crippen LogP contribution in [-0.4, -0.2) is 50.7 Å². The van der Waals surface area contributed by atoms with Gasteiger partial charge in [-0.2, -0.15) is 0 Å². The molecule has 1 aliphatic rings. The molecule has 1 heterocycles. The summed E-state index contributed by atoms with van der Waals surface area (Å²) in [5, 5.41) is 3.02. The number of hydrogen-bond donors (Lipinski definition) is 1. The second-order valence-corrected chi connectivity index (χ2v) is 5.37. The lowest BCUT2D eigenvalue weighted by molar-refractivity contribution is -0.117. The Morgan fingerprint density at radius 1 is 1.44 bits per heavy atom. The largest absolute Gasteiger partial charge is 0.381 e. The molecule has 0 aliphatic carbocycles. The van der Waals surface area contributed by atoms with Crippen LogP contribution in [0.5, 0.6) is 0 Å². The summed E-state index contributed by atoms with van der Waals surface area (Å²) in [5.41, 5.74) is 0. The highest BCUT2D eigenvalue weighted by Gasteiger charge is 2.17. The molecule has 18 heavy (non-hydrogen) atoms. The van der Waals surface area contributed by atoms with E-state index in [-0.39, 0.29) is 11.9 Å². The Kier molecular flexibility index (Phi) is 6.98. The molecule has 1 saturated heterocycles. The predicted octanol–water partition coefficient (Wildman–Crippen LogP) is 1.43. The lowest BCUT2D eigenvalue weighted by Crippen LogP contribution is -2.34. The first-order valence-electron chi connectivity index (χ1n) is 6.77. The van der Waals surface area contributed by atoms with Crippen molar-refractivity contribution in [2.75, 3.05) is 33.9 Å². The van der Waals surface area contributed by atoms with Crippen LogP contribution in [0.4, 0.5) is 0 Å². The minimum absolute atomic E-state index is 0.0106. The Labute approximate surface area is 110 Å². The van der Waals surface area contributed by atoms with E-state index < -0.39 is 0 Å². The molecule has 4 heteroatoms. The summed E-state index contributed by atoms with van der Waals surface area (Å²) in [7, 11) is 3.96. The highest BCUT2D eigenvalue weighted by atomic mass is 16.5. The first-order valence-corrected chi connectivity index (χ1v) is 6.77. The third-order valence-electron chi connectivity index (χ3n) is 3.16. The fourth-order valence-electron chi connectivity index (χ4n) is 2.20. The van der Waals surface area contributed by atoms with Crippen molar-refractivity contribution in [3.05, 3.63) is 12.2 Å². The molecule has 1 unspecified atom stereocenters. The molecular formula is C14H26N2O2. The second kappa shape index (κ2) is 8.27. The molecule has 4 nitrogen and oxygen atoms in total. The van der Waals surface area contributed by atoms with Gasteiger partial charge in [0.1, 0.15) is 0 Å². The second-order valence-electron chi connectivity index (χ2n) is 5.37. The Hall–Kier alpha value is -0.870. The molecular weight excluding hydrogens is 228 g/mol. The van der Waals surface area contributed by atoms with Gasteiger partial charge in [-0.05, 0) is 46.2 Å². The van der Waals surface area contributed by atoms with Gasteiger partial charge in [-0.1, -0.05) is 6.08 Å². The zero-order valence-electron chi connectivity index (χ0n) is 11.8. The van der Waals surface area contributed by atoms with Crippen molar-refractivity contribution in [2.45, 2.75) is 32.2 Å². The maximum Gasteiger partial charge on any atom is 0.243 e. The van der Waals surface area contributed by atoms with Crippen molar-refractivity contribution in [3.63, 3.8) is 0 Å². The fraction of sp³-hybridized carbons (Fsp3) is 0.786. The van der Waals surface area contributed by atoms with E-state index in [1.54, 1.807) is 6.08 Å². The van der Waals surface area contributed by atoms with Gasteiger partial charge >= 0.3 is 0 Å². The van der Waals surface area contributed by atoms with Crippen LogP contribution in [-0.2, 0) is 9.53 Å².